The number of ether oxygens (including phenoxy) is 1. The number of anilines is 2. The van der Waals surface area contributed by atoms with E-state index in [1.807, 2.05) is 0 Å². The van der Waals surface area contributed by atoms with Gasteiger partial charge in [-0.1, -0.05) is 0 Å². The summed E-state index contributed by atoms with van der Waals surface area (Å²) in [5.74, 6) is -1.16. The number of carbonyl (C=O) groups excluding carboxylic acids is 1. The molecule has 2 rings (SSSR count). The number of nitrogens with one attached hydrogen (secondary N) is 2. The second-order valence-electron chi connectivity index (χ2n) is 4.39. The van der Waals surface area contributed by atoms with Gasteiger partial charge >= 0.3 is 5.97 Å². The van der Waals surface area contributed by atoms with Gasteiger partial charge in [-0.05, 0) is 31.0 Å². The van der Waals surface area contributed by atoms with Crippen LogP contribution in [0.5, 0.6) is 0 Å². The Kier molecular flexibility index (Phi) is 4.01. The maximum Gasteiger partial charge on any atom is 0.335 e. The quantitative estimate of drug-likeness (QED) is 0.702. The van der Waals surface area contributed by atoms with E-state index in [0.717, 1.165) is 12.1 Å². The first-order valence-electron chi connectivity index (χ1n) is 6.05. The topological polar surface area (TPSA) is 87.7 Å². The maximum absolute atomic E-state index is 11.9. The first-order valence-corrected chi connectivity index (χ1v) is 6.05. The van der Waals surface area contributed by atoms with Gasteiger partial charge in [0.05, 0.1) is 16.9 Å². The highest BCUT2D eigenvalue weighted by Gasteiger charge is 2.25. The van der Waals surface area contributed by atoms with E-state index in [2.05, 4.69) is 10.6 Å². The average Bonchev–Trinajstić information content (AvgIpc) is 2.39. The van der Waals surface area contributed by atoms with Crippen LogP contribution in [0, 0.1) is 0 Å². The standard InChI is InChI=1S/C13H16N2O4/c1-19-6-2-3-10-12(16)15-11-7-8(13(17)18)4-5-9(11)14-10/h4-5,7,10,14H,2-3,6H2,1H3,(H,15,16)(H,17,18). The Balaban J connectivity index is 2.11. The fourth-order valence-electron chi connectivity index (χ4n) is 2.01. The second kappa shape index (κ2) is 5.71. The molecule has 19 heavy (non-hydrogen) atoms. The highest BCUT2D eigenvalue weighted by molar-refractivity contribution is 6.04. The lowest BCUT2D eigenvalue weighted by molar-refractivity contribution is -0.117. The lowest BCUT2D eigenvalue weighted by Crippen LogP contribution is -2.39. The van der Waals surface area contributed by atoms with Gasteiger partial charge in [0.2, 0.25) is 5.91 Å². The third kappa shape index (κ3) is 3.03. The molecule has 1 atom stereocenters. The second-order valence-corrected chi connectivity index (χ2v) is 4.39. The lowest BCUT2D eigenvalue weighted by Gasteiger charge is -2.27. The molecule has 1 unspecified atom stereocenters. The Bertz CT molecular complexity index is 501. The molecular formula is C13H16N2O4. The number of hydrogen-bond acceptors (Lipinski definition) is 4. The third-order valence-electron chi connectivity index (χ3n) is 3.01. The molecule has 0 saturated carbocycles. The van der Waals surface area contributed by atoms with Gasteiger partial charge in [-0.3, -0.25) is 4.79 Å². The van der Waals surface area contributed by atoms with Crippen LogP contribution in [0.2, 0.25) is 0 Å². The number of hydrogen-bond donors (Lipinski definition) is 3. The number of benzene rings is 1. The molecule has 1 aliphatic rings. The van der Waals surface area contributed by atoms with Crippen molar-refractivity contribution in [1.82, 2.24) is 0 Å². The molecule has 1 aromatic carbocycles. The van der Waals surface area contributed by atoms with Crippen LogP contribution in [0.3, 0.4) is 0 Å². The minimum absolute atomic E-state index is 0.147. The van der Waals surface area contributed by atoms with Crippen LogP contribution in [0.4, 0.5) is 11.4 Å². The summed E-state index contributed by atoms with van der Waals surface area (Å²) < 4.78 is 4.95. The highest BCUT2D eigenvalue weighted by Crippen LogP contribution is 2.28. The summed E-state index contributed by atoms with van der Waals surface area (Å²) in [7, 11) is 1.62. The molecule has 0 aromatic heterocycles. The summed E-state index contributed by atoms with van der Waals surface area (Å²) >= 11 is 0. The normalized spacial score (nSPS) is 17.3. The van der Waals surface area contributed by atoms with Crippen molar-refractivity contribution >= 4 is 23.3 Å². The molecule has 1 aliphatic heterocycles. The molecule has 0 fully saturated rings. The molecular weight excluding hydrogens is 248 g/mol. The molecule has 0 spiro atoms. The SMILES string of the molecule is COCCCC1Nc2ccc(C(=O)O)cc2NC1=O. The maximum atomic E-state index is 11.9. The van der Waals surface area contributed by atoms with E-state index in [-0.39, 0.29) is 17.5 Å². The molecule has 0 bridgehead atoms. The monoisotopic (exact) mass is 264 g/mol. The molecule has 1 aromatic rings. The third-order valence-corrected chi connectivity index (χ3v) is 3.01. The molecule has 1 heterocycles. The number of methoxy groups -OCH3 is 1. The number of carboxylic acids is 1. The van der Waals surface area contributed by atoms with Crippen molar-refractivity contribution in [3.05, 3.63) is 23.8 Å². The van der Waals surface area contributed by atoms with Crippen molar-refractivity contribution in [2.45, 2.75) is 18.9 Å². The minimum atomic E-state index is -1.01. The first kappa shape index (κ1) is 13.4. The van der Waals surface area contributed by atoms with Gasteiger partial charge in [-0.25, -0.2) is 4.79 Å². The molecule has 0 aliphatic carbocycles. The van der Waals surface area contributed by atoms with Gasteiger partial charge in [-0.2, -0.15) is 0 Å². The van der Waals surface area contributed by atoms with Crippen LogP contribution >= 0.6 is 0 Å². The Hall–Kier alpha value is -2.08. The largest absolute Gasteiger partial charge is 0.478 e. The lowest BCUT2D eigenvalue weighted by atomic mass is 10.1. The summed E-state index contributed by atoms with van der Waals surface area (Å²) in [4.78, 5) is 22.7. The van der Waals surface area contributed by atoms with Crippen molar-refractivity contribution in [1.29, 1.82) is 0 Å². The number of carbonyl (C=O) groups is 2. The predicted molar refractivity (Wildman–Crippen MR) is 70.6 cm³/mol. The van der Waals surface area contributed by atoms with E-state index in [9.17, 15) is 9.59 Å². The van der Waals surface area contributed by atoms with Gasteiger partial charge in [0, 0.05) is 13.7 Å². The van der Waals surface area contributed by atoms with Crippen molar-refractivity contribution in [3.63, 3.8) is 0 Å². The zero-order chi connectivity index (χ0) is 13.8. The average molecular weight is 264 g/mol. The summed E-state index contributed by atoms with van der Waals surface area (Å²) in [6.45, 7) is 0.607. The minimum Gasteiger partial charge on any atom is -0.478 e. The Labute approximate surface area is 110 Å². The predicted octanol–water partition coefficient (Wildman–Crippen LogP) is 1.54. The number of amides is 1. The molecule has 1 amide bonds. The number of fused-ring (bicyclic) bond motifs is 1. The van der Waals surface area contributed by atoms with Gasteiger partial charge in [-0.15, -0.1) is 0 Å². The highest BCUT2D eigenvalue weighted by atomic mass is 16.5. The summed E-state index contributed by atoms with van der Waals surface area (Å²) in [5, 5.41) is 14.7. The number of rotatable bonds is 5. The summed E-state index contributed by atoms with van der Waals surface area (Å²) in [5.41, 5.74) is 1.40. The van der Waals surface area contributed by atoms with Crippen LogP contribution in [-0.2, 0) is 9.53 Å². The van der Waals surface area contributed by atoms with E-state index >= 15 is 0 Å². The molecule has 102 valence electrons. The van der Waals surface area contributed by atoms with Crippen molar-refractivity contribution in [2.75, 3.05) is 24.4 Å². The molecule has 3 N–H and O–H groups in total. The Morgan fingerprint density at radius 2 is 2.21 bits per heavy atom. The van der Waals surface area contributed by atoms with E-state index in [1.165, 1.54) is 12.1 Å². The summed E-state index contributed by atoms with van der Waals surface area (Å²) in [6.07, 6.45) is 1.45. The molecule has 0 radical (unpaired) electrons. The van der Waals surface area contributed by atoms with Crippen LogP contribution in [0.25, 0.3) is 0 Å². The first-order chi connectivity index (χ1) is 9.11. The van der Waals surface area contributed by atoms with Crippen molar-refractivity contribution < 1.29 is 19.4 Å². The van der Waals surface area contributed by atoms with Gasteiger partial charge in [0.1, 0.15) is 6.04 Å². The van der Waals surface area contributed by atoms with Gasteiger partial charge in [0.25, 0.3) is 0 Å². The molecule has 0 saturated heterocycles. The number of carboxylic acid groups (broad SMARTS) is 1. The van der Waals surface area contributed by atoms with Crippen LogP contribution in [0.15, 0.2) is 18.2 Å². The molecule has 6 heteroatoms. The fourth-order valence-corrected chi connectivity index (χ4v) is 2.01. The van der Waals surface area contributed by atoms with E-state index in [0.29, 0.717) is 18.7 Å². The molecule has 6 nitrogen and oxygen atoms in total. The summed E-state index contributed by atoms with van der Waals surface area (Å²) in [6, 6.07) is 4.33. The van der Waals surface area contributed by atoms with Crippen molar-refractivity contribution in [2.24, 2.45) is 0 Å². The van der Waals surface area contributed by atoms with Gasteiger partial charge < -0.3 is 20.5 Å². The van der Waals surface area contributed by atoms with Crippen LogP contribution in [0.1, 0.15) is 23.2 Å². The van der Waals surface area contributed by atoms with Crippen molar-refractivity contribution in [3.8, 4) is 0 Å². The Morgan fingerprint density at radius 1 is 1.42 bits per heavy atom. The van der Waals surface area contributed by atoms with Crippen LogP contribution in [-0.4, -0.2) is 36.7 Å². The Morgan fingerprint density at radius 3 is 2.89 bits per heavy atom. The van der Waals surface area contributed by atoms with E-state index in [1.54, 1.807) is 13.2 Å². The zero-order valence-electron chi connectivity index (χ0n) is 10.6. The number of aromatic carboxylic acids is 1. The van der Waals surface area contributed by atoms with Crippen LogP contribution < -0.4 is 10.6 Å². The smallest absolute Gasteiger partial charge is 0.335 e. The van der Waals surface area contributed by atoms with Gasteiger partial charge in [0.15, 0.2) is 0 Å². The fraction of sp³-hybridized carbons (Fsp3) is 0.385. The van der Waals surface area contributed by atoms with E-state index < -0.39 is 5.97 Å². The zero-order valence-corrected chi connectivity index (χ0v) is 10.6. The van der Waals surface area contributed by atoms with E-state index in [4.69, 9.17) is 9.84 Å².